The molecule has 2 rings (SSSR count). The standard InChI is InChI=1S/C22H27NO6/c1-14(16-8-10-17(25-2)19(13-16)27-4)23-20(24)12-9-15-7-11-18(26-3)22(29-6)21(15)28-5/h7-14H,1-6H3,(H,23,24)/b12-9+/t14-/m1/s1. The van der Waals surface area contributed by atoms with E-state index in [0.29, 0.717) is 34.3 Å². The van der Waals surface area contributed by atoms with E-state index < -0.39 is 0 Å². The van der Waals surface area contributed by atoms with Gasteiger partial charge in [0.05, 0.1) is 41.6 Å². The van der Waals surface area contributed by atoms with Crippen molar-refractivity contribution < 1.29 is 28.5 Å². The van der Waals surface area contributed by atoms with Gasteiger partial charge in [0.15, 0.2) is 23.0 Å². The number of hydrogen-bond acceptors (Lipinski definition) is 6. The summed E-state index contributed by atoms with van der Waals surface area (Å²) in [6.07, 6.45) is 3.11. The first-order valence-corrected chi connectivity index (χ1v) is 8.98. The van der Waals surface area contributed by atoms with E-state index in [9.17, 15) is 4.79 Å². The molecule has 1 amide bonds. The average molecular weight is 401 g/mol. The van der Waals surface area contributed by atoms with E-state index in [1.165, 1.54) is 20.3 Å². The Bertz CT molecular complexity index is 878. The first-order chi connectivity index (χ1) is 14.0. The van der Waals surface area contributed by atoms with E-state index in [2.05, 4.69) is 5.32 Å². The Morgan fingerprint density at radius 2 is 1.45 bits per heavy atom. The van der Waals surface area contributed by atoms with Gasteiger partial charge >= 0.3 is 0 Å². The summed E-state index contributed by atoms with van der Waals surface area (Å²) in [5.41, 5.74) is 1.59. The Balaban J connectivity index is 2.15. The number of methoxy groups -OCH3 is 5. The molecule has 0 spiro atoms. The molecule has 2 aromatic rings. The van der Waals surface area contributed by atoms with Crippen molar-refractivity contribution in [2.45, 2.75) is 13.0 Å². The van der Waals surface area contributed by atoms with Crippen molar-refractivity contribution in [3.63, 3.8) is 0 Å². The van der Waals surface area contributed by atoms with Gasteiger partial charge < -0.3 is 29.0 Å². The number of rotatable bonds is 9. The molecule has 2 aromatic carbocycles. The topological polar surface area (TPSA) is 75.3 Å². The highest BCUT2D eigenvalue weighted by Gasteiger charge is 2.15. The summed E-state index contributed by atoms with van der Waals surface area (Å²) < 4.78 is 26.6. The summed E-state index contributed by atoms with van der Waals surface area (Å²) >= 11 is 0. The molecule has 0 aliphatic rings. The smallest absolute Gasteiger partial charge is 0.244 e. The van der Waals surface area contributed by atoms with Gasteiger partial charge in [-0.05, 0) is 42.8 Å². The third-order valence-electron chi connectivity index (χ3n) is 4.42. The maximum atomic E-state index is 12.4. The van der Waals surface area contributed by atoms with Gasteiger partial charge in [-0.3, -0.25) is 4.79 Å². The van der Waals surface area contributed by atoms with Crippen molar-refractivity contribution in [3.8, 4) is 28.7 Å². The Hall–Kier alpha value is -3.35. The zero-order chi connectivity index (χ0) is 21.4. The zero-order valence-electron chi connectivity index (χ0n) is 17.6. The van der Waals surface area contributed by atoms with Gasteiger partial charge in [-0.1, -0.05) is 6.07 Å². The minimum Gasteiger partial charge on any atom is -0.493 e. The fraction of sp³-hybridized carbons (Fsp3) is 0.318. The second-order valence-electron chi connectivity index (χ2n) is 6.10. The van der Waals surface area contributed by atoms with Crippen LogP contribution in [-0.4, -0.2) is 41.5 Å². The normalized spacial score (nSPS) is 11.7. The molecular formula is C22H27NO6. The molecule has 7 heteroatoms. The summed E-state index contributed by atoms with van der Waals surface area (Å²) in [7, 11) is 7.77. The first kappa shape index (κ1) is 21.9. The number of nitrogens with one attached hydrogen (secondary N) is 1. The molecule has 29 heavy (non-hydrogen) atoms. The molecule has 0 aromatic heterocycles. The second kappa shape index (κ2) is 10.3. The number of benzene rings is 2. The summed E-state index contributed by atoms with van der Waals surface area (Å²) in [4.78, 5) is 12.4. The van der Waals surface area contributed by atoms with Gasteiger partial charge in [-0.25, -0.2) is 0 Å². The monoisotopic (exact) mass is 401 g/mol. The summed E-state index contributed by atoms with van der Waals surface area (Å²) in [6, 6.07) is 8.85. The van der Waals surface area contributed by atoms with Crippen LogP contribution in [0, 0.1) is 0 Å². The molecule has 0 bridgehead atoms. The lowest BCUT2D eigenvalue weighted by molar-refractivity contribution is -0.117. The van der Waals surface area contributed by atoms with Gasteiger partial charge in [-0.15, -0.1) is 0 Å². The molecule has 156 valence electrons. The van der Waals surface area contributed by atoms with E-state index in [1.54, 1.807) is 45.6 Å². The van der Waals surface area contributed by atoms with Crippen LogP contribution < -0.4 is 29.0 Å². The minimum atomic E-state index is -0.246. The van der Waals surface area contributed by atoms with Crippen LogP contribution >= 0.6 is 0 Å². The van der Waals surface area contributed by atoms with Gasteiger partial charge in [0.2, 0.25) is 11.7 Å². The molecule has 0 radical (unpaired) electrons. The number of ether oxygens (including phenoxy) is 5. The number of hydrogen-bond donors (Lipinski definition) is 1. The van der Waals surface area contributed by atoms with Crippen LogP contribution in [-0.2, 0) is 4.79 Å². The maximum absolute atomic E-state index is 12.4. The van der Waals surface area contributed by atoms with Crippen molar-refractivity contribution >= 4 is 12.0 Å². The molecule has 1 N–H and O–H groups in total. The fourth-order valence-corrected chi connectivity index (χ4v) is 2.89. The number of carbonyl (C=O) groups is 1. The highest BCUT2D eigenvalue weighted by molar-refractivity contribution is 5.92. The first-order valence-electron chi connectivity index (χ1n) is 8.98. The van der Waals surface area contributed by atoms with Crippen molar-refractivity contribution in [1.29, 1.82) is 0 Å². The van der Waals surface area contributed by atoms with E-state index in [0.717, 1.165) is 5.56 Å². The van der Waals surface area contributed by atoms with Gasteiger partial charge in [-0.2, -0.15) is 0 Å². The number of amides is 1. The van der Waals surface area contributed by atoms with Gasteiger partial charge in [0.1, 0.15) is 0 Å². The lowest BCUT2D eigenvalue weighted by Gasteiger charge is -2.16. The molecule has 7 nitrogen and oxygen atoms in total. The molecule has 0 saturated heterocycles. The SMILES string of the molecule is COc1ccc([C@@H](C)NC(=O)/C=C/c2ccc(OC)c(OC)c2OC)cc1OC. The summed E-state index contributed by atoms with van der Waals surface area (Å²) in [6.45, 7) is 1.89. The fourth-order valence-electron chi connectivity index (χ4n) is 2.89. The van der Waals surface area contributed by atoms with Crippen LogP contribution in [0.25, 0.3) is 6.08 Å². The molecule has 0 aliphatic heterocycles. The third kappa shape index (κ3) is 5.13. The minimum absolute atomic E-state index is 0.223. The van der Waals surface area contributed by atoms with Crippen LogP contribution in [0.5, 0.6) is 28.7 Å². The van der Waals surface area contributed by atoms with Crippen LogP contribution in [0.4, 0.5) is 0 Å². The molecule has 0 fully saturated rings. The van der Waals surface area contributed by atoms with Crippen molar-refractivity contribution in [2.75, 3.05) is 35.5 Å². The molecule has 0 heterocycles. The Kier molecular flexibility index (Phi) is 7.77. The Morgan fingerprint density at radius 1 is 0.828 bits per heavy atom. The predicted octanol–water partition coefficient (Wildman–Crippen LogP) is 3.62. The Labute approximate surface area is 171 Å². The van der Waals surface area contributed by atoms with Gasteiger partial charge in [0.25, 0.3) is 0 Å². The van der Waals surface area contributed by atoms with Crippen LogP contribution in [0.3, 0.4) is 0 Å². The van der Waals surface area contributed by atoms with E-state index in [-0.39, 0.29) is 11.9 Å². The average Bonchev–Trinajstić information content (AvgIpc) is 2.75. The highest BCUT2D eigenvalue weighted by atomic mass is 16.5. The van der Waals surface area contributed by atoms with Crippen molar-refractivity contribution in [3.05, 3.63) is 47.5 Å². The van der Waals surface area contributed by atoms with Crippen LogP contribution in [0.2, 0.25) is 0 Å². The van der Waals surface area contributed by atoms with Crippen molar-refractivity contribution in [1.82, 2.24) is 5.32 Å². The van der Waals surface area contributed by atoms with Crippen molar-refractivity contribution in [2.24, 2.45) is 0 Å². The molecule has 0 unspecified atom stereocenters. The van der Waals surface area contributed by atoms with E-state index in [1.807, 2.05) is 19.1 Å². The largest absolute Gasteiger partial charge is 0.493 e. The lowest BCUT2D eigenvalue weighted by Crippen LogP contribution is -2.24. The summed E-state index contributed by atoms with van der Waals surface area (Å²) in [5, 5.41) is 2.92. The molecule has 0 saturated carbocycles. The second-order valence-corrected chi connectivity index (χ2v) is 6.10. The van der Waals surface area contributed by atoms with Crippen LogP contribution in [0.15, 0.2) is 36.4 Å². The van der Waals surface area contributed by atoms with E-state index >= 15 is 0 Å². The predicted molar refractivity (Wildman–Crippen MR) is 111 cm³/mol. The van der Waals surface area contributed by atoms with Crippen LogP contribution in [0.1, 0.15) is 24.1 Å². The molecular weight excluding hydrogens is 374 g/mol. The zero-order valence-corrected chi connectivity index (χ0v) is 17.6. The quantitative estimate of drug-likeness (QED) is 0.647. The Morgan fingerprint density at radius 3 is 2.03 bits per heavy atom. The maximum Gasteiger partial charge on any atom is 0.244 e. The lowest BCUT2D eigenvalue weighted by atomic mass is 10.1. The summed E-state index contributed by atoms with van der Waals surface area (Å²) in [5.74, 6) is 2.50. The van der Waals surface area contributed by atoms with Gasteiger partial charge in [0, 0.05) is 11.6 Å². The highest BCUT2D eigenvalue weighted by Crippen LogP contribution is 2.40. The number of carbonyl (C=O) groups excluding carboxylic acids is 1. The molecule has 0 aliphatic carbocycles. The van der Waals surface area contributed by atoms with E-state index in [4.69, 9.17) is 23.7 Å². The third-order valence-corrected chi connectivity index (χ3v) is 4.42. The molecule has 1 atom stereocenters.